The van der Waals surface area contributed by atoms with E-state index in [2.05, 4.69) is 46.1 Å². The molecule has 0 bridgehead atoms. The number of hydrogen-bond donors (Lipinski definition) is 1. The smallest absolute Gasteiger partial charge is 0.110 e. The molecule has 82 valence electrons. The van der Waals surface area contributed by atoms with Crippen LogP contribution in [0.4, 0.5) is 0 Å². The van der Waals surface area contributed by atoms with Crippen molar-refractivity contribution in [2.24, 2.45) is 0 Å². The SMILES string of the molecule is Cc1nc2c(n1-c1ccccc1)CNCC2. The van der Waals surface area contributed by atoms with Crippen LogP contribution in [0.5, 0.6) is 0 Å². The molecule has 0 spiro atoms. The van der Waals surface area contributed by atoms with Crippen LogP contribution in [-0.2, 0) is 13.0 Å². The molecule has 0 unspecified atom stereocenters. The van der Waals surface area contributed by atoms with E-state index in [4.69, 9.17) is 0 Å². The Morgan fingerprint density at radius 1 is 1.25 bits per heavy atom. The minimum Gasteiger partial charge on any atom is -0.311 e. The van der Waals surface area contributed by atoms with Crippen molar-refractivity contribution in [3.63, 3.8) is 0 Å². The van der Waals surface area contributed by atoms with Gasteiger partial charge < -0.3 is 5.32 Å². The number of rotatable bonds is 1. The number of hydrogen-bond acceptors (Lipinski definition) is 2. The van der Waals surface area contributed by atoms with E-state index in [1.807, 2.05) is 6.07 Å². The van der Waals surface area contributed by atoms with Crippen LogP contribution in [0.15, 0.2) is 30.3 Å². The number of fused-ring (bicyclic) bond motifs is 1. The van der Waals surface area contributed by atoms with Gasteiger partial charge in [0.15, 0.2) is 0 Å². The summed E-state index contributed by atoms with van der Waals surface area (Å²) in [6, 6.07) is 10.4. The molecule has 16 heavy (non-hydrogen) atoms. The zero-order chi connectivity index (χ0) is 11.0. The van der Waals surface area contributed by atoms with E-state index in [-0.39, 0.29) is 0 Å². The van der Waals surface area contributed by atoms with E-state index in [9.17, 15) is 0 Å². The van der Waals surface area contributed by atoms with Gasteiger partial charge in [0.2, 0.25) is 0 Å². The number of para-hydroxylation sites is 1. The van der Waals surface area contributed by atoms with Gasteiger partial charge >= 0.3 is 0 Å². The molecule has 1 aromatic heterocycles. The molecule has 3 nitrogen and oxygen atoms in total. The summed E-state index contributed by atoms with van der Waals surface area (Å²) >= 11 is 0. The van der Waals surface area contributed by atoms with Crippen molar-refractivity contribution in [3.05, 3.63) is 47.5 Å². The zero-order valence-electron chi connectivity index (χ0n) is 9.40. The highest BCUT2D eigenvalue weighted by molar-refractivity contribution is 5.38. The van der Waals surface area contributed by atoms with Crippen molar-refractivity contribution < 1.29 is 0 Å². The first kappa shape index (κ1) is 9.60. The van der Waals surface area contributed by atoms with E-state index in [1.54, 1.807) is 0 Å². The highest BCUT2D eigenvalue weighted by atomic mass is 15.1. The quantitative estimate of drug-likeness (QED) is 0.783. The zero-order valence-corrected chi connectivity index (χ0v) is 9.40. The van der Waals surface area contributed by atoms with Gasteiger partial charge in [0.05, 0.1) is 11.4 Å². The summed E-state index contributed by atoms with van der Waals surface area (Å²) in [6.45, 7) is 4.04. The first-order valence-corrected chi connectivity index (χ1v) is 5.69. The highest BCUT2D eigenvalue weighted by Gasteiger charge is 2.18. The van der Waals surface area contributed by atoms with Crippen molar-refractivity contribution in [1.82, 2.24) is 14.9 Å². The van der Waals surface area contributed by atoms with Gasteiger partial charge in [-0.2, -0.15) is 0 Å². The van der Waals surface area contributed by atoms with Gasteiger partial charge in [0.1, 0.15) is 5.82 Å². The number of nitrogens with one attached hydrogen (secondary N) is 1. The fourth-order valence-corrected chi connectivity index (χ4v) is 2.35. The van der Waals surface area contributed by atoms with E-state index < -0.39 is 0 Å². The van der Waals surface area contributed by atoms with Gasteiger partial charge in [-0.05, 0) is 19.1 Å². The first-order chi connectivity index (χ1) is 7.86. The van der Waals surface area contributed by atoms with E-state index in [0.717, 1.165) is 25.3 Å². The lowest BCUT2D eigenvalue weighted by Gasteiger charge is -2.15. The molecule has 2 heterocycles. The molecule has 0 amide bonds. The molecule has 1 aliphatic heterocycles. The van der Waals surface area contributed by atoms with Crippen molar-refractivity contribution in [2.45, 2.75) is 19.9 Å². The molecule has 1 aromatic carbocycles. The van der Waals surface area contributed by atoms with E-state index >= 15 is 0 Å². The Morgan fingerprint density at radius 2 is 2.06 bits per heavy atom. The predicted molar refractivity (Wildman–Crippen MR) is 63.7 cm³/mol. The minimum absolute atomic E-state index is 0.922. The monoisotopic (exact) mass is 213 g/mol. The van der Waals surface area contributed by atoms with Gasteiger partial charge in [0.25, 0.3) is 0 Å². The number of imidazole rings is 1. The number of nitrogens with zero attached hydrogens (tertiary/aromatic N) is 2. The predicted octanol–water partition coefficient (Wildman–Crippen LogP) is 1.83. The molecular formula is C13H15N3. The van der Waals surface area contributed by atoms with Crippen LogP contribution in [0.2, 0.25) is 0 Å². The fraction of sp³-hybridized carbons (Fsp3) is 0.308. The molecule has 0 atom stereocenters. The van der Waals surface area contributed by atoms with Crippen molar-refractivity contribution in [3.8, 4) is 5.69 Å². The van der Waals surface area contributed by atoms with Crippen LogP contribution in [0.25, 0.3) is 5.69 Å². The highest BCUT2D eigenvalue weighted by Crippen LogP contribution is 2.20. The third-order valence-electron chi connectivity index (χ3n) is 3.07. The molecule has 1 N–H and O–H groups in total. The Balaban J connectivity index is 2.17. The van der Waals surface area contributed by atoms with Gasteiger partial charge in [-0.15, -0.1) is 0 Å². The van der Waals surface area contributed by atoms with Crippen LogP contribution >= 0.6 is 0 Å². The summed E-state index contributed by atoms with van der Waals surface area (Å²) in [5.41, 5.74) is 3.77. The van der Waals surface area contributed by atoms with Gasteiger partial charge in [-0.3, -0.25) is 4.57 Å². The lowest BCUT2D eigenvalue weighted by atomic mass is 10.2. The second kappa shape index (κ2) is 3.76. The Hall–Kier alpha value is -1.61. The Kier molecular flexibility index (Phi) is 2.26. The molecule has 3 rings (SSSR count). The maximum atomic E-state index is 4.65. The first-order valence-electron chi connectivity index (χ1n) is 5.69. The van der Waals surface area contributed by atoms with Crippen LogP contribution in [0.3, 0.4) is 0 Å². The summed E-state index contributed by atoms with van der Waals surface area (Å²) in [4.78, 5) is 4.65. The largest absolute Gasteiger partial charge is 0.311 e. The number of aromatic nitrogens is 2. The molecule has 0 aliphatic carbocycles. The summed E-state index contributed by atoms with van der Waals surface area (Å²) < 4.78 is 2.25. The Bertz CT molecular complexity index is 499. The van der Waals surface area contributed by atoms with Gasteiger partial charge in [-0.1, -0.05) is 18.2 Å². The third-order valence-corrected chi connectivity index (χ3v) is 3.07. The third kappa shape index (κ3) is 1.44. The minimum atomic E-state index is 0.922. The lowest BCUT2D eigenvalue weighted by Crippen LogP contribution is -2.25. The fourth-order valence-electron chi connectivity index (χ4n) is 2.35. The maximum absolute atomic E-state index is 4.65. The molecule has 0 fully saturated rings. The molecular weight excluding hydrogens is 198 g/mol. The average Bonchev–Trinajstić information content (AvgIpc) is 2.66. The Labute approximate surface area is 95.1 Å². The molecule has 0 radical (unpaired) electrons. The maximum Gasteiger partial charge on any atom is 0.110 e. The number of benzene rings is 1. The van der Waals surface area contributed by atoms with Gasteiger partial charge in [0, 0.05) is 25.2 Å². The summed E-state index contributed by atoms with van der Waals surface area (Å²) in [5.74, 6) is 1.08. The molecule has 2 aromatic rings. The summed E-state index contributed by atoms with van der Waals surface area (Å²) in [7, 11) is 0. The van der Waals surface area contributed by atoms with Crippen LogP contribution in [0.1, 0.15) is 17.2 Å². The number of aryl methyl sites for hydroxylation is 1. The standard InChI is InChI=1S/C13H15N3/c1-10-15-12-7-8-14-9-13(12)16(10)11-5-3-2-4-6-11/h2-6,14H,7-9H2,1H3. The Morgan fingerprint density at radius 3 is 2.88 bits per heavy atom. The van der Waals surface area contributed by atoms with E-state index in [0.29, 0.717) is 0 Å². The molecule has 3 heteroatoms. The van der Waals surface area contributed by atoms with Gasteiger partial charge in [-0.25, -0.2) is 4.98 Å². The summed E-state index contributed by atoms with van der Waals surface area (Å²) in [5, 5.41) is 3.40. The van der Waals surface area contributed by atoms with Crippen molar-refractivity contribution in [2.75, 3.05) is 6.54 Å². The second-order valence-electron chi connectivity index (χ2n) is 4.15. The van der Waals surface area contributed by atoms with Crippen LogP contribution < -0.4 is 5.32 Å². The molecule has 0 saturated carbocycles. The topological polar surface area (TPSA) is 29.9 Å². The molecule has 0 saturated heterocycles. The van der Waals surface area contributed by atoms with Crippen molar-refractivity contribution >= 4 is 0 Å². The normalized spacial score (nSPS) is 14.8. The average molecular weight is 213 g/mol. The van der Waals surface area contributed by atoms with Crippen LogP contribution in [-0.4, -0.2) is 16.1 Å². The van der Waals surface area contributed by atoms with E-state index in [1.165, 1.54) is 17.1 Å². The second-order valence-corrected chi connectivity index (χ2v) is 4.15. The lowest BCUT2D eigenvalue weighted by molar-refractivity contribution is 0.617. The summed E-state index contributed by atoms with van der Waals surface area (Å²) in [6.07, 6.45) is 1.04. The van der Waals surface area contributed by atoms with Crippen molar-refractivity contribution in [1.29, 1.82) is 0 Å². The molecule has 1 aliphatic rings. The van der Waals surface area contributed by atoms with Crippen LogP contribution in [0, 0.1) is 6.92 Å².